The molecule has 4 heterocycles. The van der Waals surface area contributed by atoms with E-state index in [0.717, 1.165) is 0 Å². The zero-order valence-electron chi connectivity index (χ0n) is 30.2. The fraction of sp³-hybridized carbons (Fsp3) is 0.677. The van der Waals surface area contributed by atoms with Crippen molar-refractivity contribution in [3.63, 3.8) is 0 Å². The van der Waals surface area contributed by atoms with Gasteiger partial charge < -0.3 is 64.5 Å². The summed E-state index contributed by atoms with van der Waals surface area (Å²) >= 11 is 0. The number of carbonyl (C=O) groups excluding carboxylic acids is 8. The van der Waals surface area contributed by atoms with Gasteiger partial charge in [0.05, 0.1) is 64.2 Å². The smallest absolute Gasteiger partial charge is 0.642 e. The summed E-state index contributed by atoms with van der Waals surface area (Å²) in [4.78, 5) is 84.8. The molecule has 4 aliphatic rings. The van der Waals surface area contributed by atoms with Gasteiger partial charge >= 0.3 is 39.0 Å². The first-order chi connectivity index (χ1) is 23.5. The number of esters is 4. The SMILES string of the molecule is CC#N.CC#N.CC(C)O.COC(=O)C1CCC(=O)[N-]1.COC(=O)C1CCC(=O)[N-]1.COC(=O)C1CCC(=O)[N-]1.COC(=O)C1CCC(=O)[N-]1.[Rh+2].[Rh+2]. The molecule has 0 aromatic rings. The van der Waals surface area contributed by atoms with E-state index in [9.17, 15) is 38.4 Å². The number of aliphatic hydroxyl groups is 1. The number of hydrogen-bond acceptors (Lipinski definition) is 15. The molecule has 0 bridgehead atoms. The summed E-state index contributed by atoms with van der Waals surface area (Å²) in [6.45, 7) is 6.31. The summed E-state index contributed by atoms with van der Waals surface area (Å²) in [6.07, 6.45) is 3.35. The number of rotatable bonds is 4. The number of nitrogens with zero attached hydrogens (tertiary/aromatic N) is 6. The summed E-state index contributed by atoms with van der Waals surface area (Å²) in [5.74, 6) is -2.44. The fourth-order valence-electron chi connectivity index (χ4n) is 3.48. The van der Waals surface area contributed by atoms with Crippen LogP contribution in [0.5, 0.6) is 0 Å². The number of amides is 4. The van der Waals surface area contributed by atoms with E-state index in [2.05, 4.69) is 40.2 Å². The Kier molecular flexibility index (Phi) is 39.0. The van der Waals surface area contributed by atoms with E-state index >= 15 is 0 Å². The first-order valence-corrected chi connectivity index (χ1v) is 15.1. The van der Waals surface area contributed by atoms with Gasteiger partial charge in [-0.15, -0.1) is 0 Å². The molecule has 19 nitrogen and oxygen atoms in total. The molecule has 4 saturated heterocycles. The van der Waals surface area contributed by atoms with Crippen molar-refractivity contribution in [3.8, 4) is 12.1 Å². The van der Waals surface area contributed by atoms with E-state index in [0.29, 0.717) is 51.4 Å². The molecule has 52 heavy (non-hydrogen) atoms. The van der Waals surface area contributed by atoms with Crippen LogP contribution in [-0.2, 0) is 96.3 Å². The summed E-state index contributed by atoms with van der Waals surface area (Å²) in [5, 5.41) is 36.9. The van der Waals surface area contributed by atoms with Gasteiger partial charge in [0.2, 0.25) is 0 Å². The minimum absolute atomic E-state index is 0. The molecule has 4 fully saturated rings. The van der Waals surface area contributed by atoms with Crippen LogP contribution in [-0.4, -0.2) is 111 Å². The first-order valence-electron chi connectivity index (χ1n) is 15.1. The van der Waals surface area contributed by atoms with Crippen molar-refractivity contribution in [2.45, 2.75) is 109 Å². The zero-order chi connectivity index (χ0) is 39.2. The second kappa shape index (κ2) is 35.4. The molecular formula is C31H46N6O13Rh2. The molecular weight excluding hydrogens is 870 g/mol. The Hall–Kier alpha value is -4.05. The summed E-state index contributed by atoms with van der Waals surface area (Å²) < 4.78 is 17.6. The number of ether oxygens (including phenoxy) is 4. The van der Waals surface area contributed by atoms with Crippen LogP contribution in [0.25, 0.3) is 21.3 Å². The standard InChI is InChI=1S/4C6H9NO3.C3H8O.2C2H3N.2Rh/c4*1-10-6(9)4-2-3-5(8)7-4;1-3(2)4;2*1-2-3;;/h4*4H,2-3H2,1H3,(H,7,8);3-4H,1-2H3;2*1H3;;/q;;;;;;;2*+2/p-4. The van der Waals surface area contributed by atoms with Crippen molar-refractivity contribution in [2.24, 2.45) is 0 Å². The molecule has 4 amide bonds. The van der Waals surface area contributed by atoms with Crippen LogP contribution >= 0.6 is 0 Å². The third-order valence-electron chi connectivity index (χ3n) is 5.62. The van der Waals surface area contributed by atoms with Gasteiger partial charge in [-0.05, 0) is 63.7 Å². The number of methoxy groups -OCH3 is 4. The van der Waals surface area contributed by atoms with Crippen molar-refractivity contribution in [1.82, 2.24) is 0 Å². The summed E-state index contributed by atoms with van der Waals surface area (Å²) in [5.41, 5.74) is 0. The predicted molar refractivity (Wildman–Crippen MR) is 174 cm³/mol. The average Bonchev–Trinajstić information content (AvgIpc) is 3.90. The van der Waals surface area contributed by atoms with Crippen molar-refractivity contribution in [1.29, 1.82) is 10.5 Å². The Morgan fingerprint density at radius 2 is 0.692 bits per heavy atom. The zero-order valence-corrected chi connectivity index (χ0v) is 33.5. The van der Waals surface area contributed by atoms with Gasteiger partial charge in [-0.25, -0.2) is 0 Å². The van der Waals surface area contributed by atoms with E-state index in [1.807, 2.05) is 0 Å². The van der Waals surface area contributed by atoms with Gasteiger partial charge in [-0.1, -0.05) is 25.7 Å². The van der Waals surface area contributed by atoms with Crippen LogP contribution in [0, 0.1) is 22.7 Å². The molecule has 4 aliphatic heterocycles. The fourth-order valence-corrected chi connectivity index (χ4v) is 3.48. The van der Waals surface area contributed by atoms with E-state index in [-0.39, 0.29) is 68.7 Å². The summed E-state index contributed by atoms with van der Waals surface area (Å²) in [7, 11) is 5.17. The molecule has 0 spiro atoms. The molecule has 0 aromatic carbocycles. The van der Waals surface area contributed by atoms with Crippen LogP contribution in [0.4, 0.5) is 0 Å². The van der Waals surface area contributed by atoms with E-state index < -0.39 is 48.0 Å². The second-order valence-corrected chi connectivity index (χ2v) is 9.94. The second-order valence-electron chi connectivity index (χ2n) is 9.94. The first kappa shape index (κ1) is 57.3. The van der Waals surface area contributed by atoms with Crippen molar-refractivity contribution in [3.05, 3.63) is 21.3 Å². The van der Waals surface area contributed by atoms with E-state index in [4.69, 9.17) is 15.6 Å². The molecule has 21 heteroatoms. The maximum absolute atomic E-state index is 10.7. The monoisotopic (exact) mass is 916 g/mol. The van der Waals surface area contributed by atoms with Crippen LogP contribution in [0.1, 0.15) is 79.1 Å². The van der Waals surface area contributed by atoms with Crippen molar-refractivity contribution in [2.75, 3.05) is 28.4 Å². The minimum Gasteiger partial charge on any atom is -0.642 e. The van der Waals surface area contributed by atoms with Gasteiger partial charge in [-0.2, -0.15) is 10.5 Å². The number of carbonyl (C=O) groups is 8. The third-order valence-corrected chi connectivity index (χ3v) is 5.62. The van der Waals surface area contributed by atoms with Crippen molar-refractivity contribution < 1.29 is 101 Å². The Morgan fingerprint density at radius 3 is 0.769 bits per heavy atom. The Labute approximate surface area is 329 Å². The van der Waals surface area contributed by atoms with Crippen LogP contribution in [0.3, 0.4) is 0 Å². The van der Waals surface area contributed by atoms with Gasteiger partial charge in [0, 0.05) is 20.0 Å². The maximum Gasteiger partial charge on any atom is 2.00 e. The molecule has 1 N–H and O–H groups in total. The van der Waals surface area contributed by atoms with Crippen LogP contribution in [0.15, 0.2) is 0 Å². The van der Waals surface area contributed by atoms with Crippen LogP contribution < -0.4 is 0 Å². The maximum atomic E-state index is 10.7. The number of hydrogen-bond donors (Lipinski definition) is 1. The van der Waals surface area contributed by atoms with E-state index in [1.54, 1.807) is 26.0 Å². The number of aliphatic hydroxyl groups excluding tert-OH is 1. The Bertz CT molecular complexity index is 1040. The largest absolute Gasteiger partial charge is 2.00 e. The van der Waals surface area contributed by atoms with Crippen molar-refractivity contribution >= 4 is 47.5 Å². The quantitative estimate of drug-likeness (QED) is 0.240. The normalized spacial score (nSPS) is 19.5. The van der Waals surface area contributed by atoms with Gasteiger partial charge in [0.1, 0.15) is 0 Å². The molecule has 4 atom stereocenters. The molecule has 296 valence electrons. The minimum atomic E-state index is -0.530. The molecule has 4 rings (SSSR count). The molecule has 0 saturated carbocycles. The molecule has 4 unspecified atom stereocenters. The van der Waals surface area contributed by atoms with E-state index in [1.165, 1.54) is 42.3 Å². The Morgan fingerprint density at radius 1 is 0.558 bits per heavy atom. The third kappa shape index (κ3) is 29.7. The molecule has 2 radical (unpaired) electrons. The Balaban J connectivity index is -0.000000172. The predicted octanol–water partition coefficient (Wildman–Crippen LogP) is 2.33. The van der Waals surface area contributed by atoms with Crippen LogP contribution in [0.2, 0.25) is 0 Å². The molecule has 0 aromatic heterocycles. The van der Waals surface area contributed by atoms with Gasteiger partial charge in [0.25, 0.3) is 23.9 Å². The summed E-state index contributed by atoms with van der Waals surface area (Å²) in [6, 6.07) is 1.38. The van der Waals surface area contributed by atoms with Gasteiger partial charge in [0.15, 0.2) is 0 Å². The topological polar surface area (TPSA) is 298 Å². The molecule has 0 aliphatic carbocycles. The average molecular weight is 917 g/mol. The number of nitriles is 2. The van der Waals surface area contributed by atoms with Gasteiger partial charge in [-0.3, -0.25) is 19.2 Å².